The van der Waals surface area contributed by atoms with Crippen LogP contribution >= 0.6 is 27.5 Å². The molecule has 1 aliphatic heterocycles. The number of furan rings is 1. The lowest BCUT2D eigenvalue weighted by Gasteiger charge is -2.32. The van der Waals surface area contributed by atoms with Gasteiger partial charge in [0.1, 0.15) is 0 Å². The lowest BCUT2D eigenvalue weighted by Crippen LogP contribution is -2.39. The molecule has 0 spiro atoms. The Hall–Kier alpha value is -0.480. The van der Waals surface area contributed by atoms with Gasteiger partial charge in [-0.15, -0.1) is 0 Å². The first-order chi connectivity index (χ1) is 8.08. The summed E-state index contributed by atoms with van der Waals surface area (Å²) in [5.41, 5.74) is 0. The maximum absolute atomic E-state index is 12.1. The van der Waals surface area contributed by atoms with E-state index in [1.54, 1.807) is 12.1 Å². The lowest BCUT2D eigenvalue weighted by atomic mass is 9.94. The molecule has 0 saturated carbocycles. The van der Waals surface area contributed by atoms with Gasteiger partial charge in [0.15, 0.2) is 11.0 Å². The minimum Gasteiger partial charge on any atom is -0.440 e. The Bertz CT molecular complexity index is 397. The number of amides is 1. The number of alkyl halides is 1. The smallest absolute Gasteiger partial charge is 0.289 e. The average Bonchev–Trinajstić information content (AvgIpc) is 2.75. The van der Waals surface area contributed by atoms with E-state index in [9.17, 15) is 4.79 Å². The van der Waals surface area contributed by atoms with Crippen LogP contribution in [-0.4, -0.2) is 28.7 Å². The van der Waals surface area contributed by atoms with Gasteiger partial charge in [-0.1, -0.05) is 22.9 Å². The molecular weight excluding hydrogens is 305 g/mol. The number of hydrogen-bond donors (Lipinski definition) is 0. The summed E-state index contributed by atoms with van der Waals surface area (Å²) in [6.07, 6.45) is 2.07. The van der Waals surface area contributed by atoms with Gasteiger partial charge < -0.3 is 9.32 Å². The van der Waals surface area contributed by atoms with Crippen LogP contribution < -0.4 is 0 Å². The van der Waals surface area contributed by atoms with Crippen molar-refractivity contribution in [3.63, 3.8) is 0 Å². The Balaban J connectivity index is 1.95. The van der Waals surface area contributed by atoms with Gasteiger partial charge in [-0.3, -0.25) is 4.79 Å². The molecule has 17 heavy (non-hydrogen) atoms. The predicted molar refractivity (Wildman–Crippen MR) is 70.7 cm³/mol. The van der Waals surface area contributed by atoms with Crippen molar-refractivity contribution in [3.8, 4) is 0 Å². The quantitative estimate of drug-likeness (QED) is 0.781. The van der Waals surface area contributed by atoms with Gasteiger partial charge in [0.2, 0.25) is 0 Å². The number of likely N-dealkylation sites (tertiary alicyclic amines) is 1. The Morgan fingerprint density at radius 2 is 2.18 bits per heavy atom. The molecule has 1 amide bonds. The Morgan fingerprint density at radius 3 is 2.65 bits per heavy atom. The molecule has 0 bridgehead atoms. The van der Waals surface area contributed by atoms with Gasteiger partial charge >= 0.3 is 0 Å². The fourth-order valence-electron chi connectivity index (χ4n) is 2.15. The highest BCUT2D eigenvalue weighted by Gasteiger charge is 2.27. The van der Waals surface area contributed by atoms with Crippen molar-refractivity contribution in [2.75, 3.05) is 13.1 Å². The number of nitrogens with zero attached hydrogens (tertiary/aromatic N) is 1. The summed E-state index contributed by atoms with van der Waals surface area (Å²) in [4.78, 5) is 14.4. The van der Waals surface area contributed by atoms with Crippen LogP contribution in [0.15, 0.2) is 16.5 Å². The zero-order valence-electron chi connectivity index (χ0n) is 9.66. The van der Waals surface area contributed by atoms with Crippen LogP contribution in [0.2, 0.25) is 5.22 Å². The number of rotatable bonds is 2. The minimum absolute atomic E-state index is 0.0578. The molecule has 1 aliphatic rings. The predicted octanol–water partition coefficient (Wildman–Crippen LogP) is 3.57. The van der Waals surface area contributed by atoms with E-state index in [1.807, 2.05) is 4.90 Å². The summed E-state index contributed by atoms with van der Waals surface area (Å²) in [5.74, 6) is 0.928. The third kappa shape index (κ3) is 3.05. The Morgan fingerprint density at radius 1 is 1.53 bits per heavy atom. The third-order valence-electron chi connectivity index (χ3n) is 3.26. The van der Waals surface area contributed by atoms with Gasteiger partial charge in [0.25, 0.3) is 5.91 Å². The van der Waals surface area contributed by atoms with Crippen LogP contribution in [0.25, 0.3) is 0 Å². The van der Waals surface area contributed by atoms with E-state index in [-0.39, 0.29) is 11.1 Å². The molecule has 1 atom stereocenters. The standard InChI is InChI=1S/C12H15BrClNO2/c1-8(13)9-4-6-15(7-5-9)12(16)10-2-3-11(14)17-10/h2-3,8-9H,4-7H2,1H3. The summed E-state index contributed by atoms with van der Waals surface area (Å²) < 4.78 is 5.14. The number of piperidine rings is 1. The van der Waals surface area contributed by atoms with Crippen LogP contribution in [-0.2, 0) is 0 Å². The highest BCUT2D eigenvalue weighted by molar-refractivity contribution is 9.09. The van der Waals surface area contributed by atoms with Crippen LogP contribution in [0.3, 0.4) is 0 Å². The van der Waals surface area contributed by atoms with Gasteiger partial charge in [-0.25, -0.2) is 0 Å². The van der Waals surface area contributed by atoms with Crippen molar-refractivity contribution in [2.24, 2.45) is 5.92 Å². The van der Waals surface area contributed by atoms with Gasteiger partial charge in [-0.05, 0) is 42.5 Å². The maximum Gasteiger partial charge on any atom is 0.289 e. The maximum atomic E-state index is 12.1. The van der Waals surface area contributed by atoms with E-state index in [0.29, 0.717) is 16.5 Å². The van der Waals surface area contributed by atoms with Crippen molar-refractivity contribution in [3.05, 3.63) is 23.1 Å². The molecule has 1 saturated heterocycles. The molecule has 3 nitrogen and oxygen atoms in total. The molecule has 1 unspecified atom stereocenters. The molecule has 2 heterocycles. The molecule has 94 valence electrons. The van der Waals surface area contributed by atoms with Crippen molar-refractivity contribution >= 4 is 33.4 Å². The molecule has 0 radical (unpaired) electrons. The summed E-state index contributed by atoms with van der Waals surface area (Å²) in [7, 11) is 0. The van der Waals surface area contributed by atoms with E-state index in [4.69, 9.17) is 16.0 Å². The minimum atomic E-state index is -0.0578. The summed E-state index contributed by atoms with van der Waals surface area (Å²) in [5, 5.41) is 0.261. The van der Waals surface area contributed by atoms with E-state index < -0.39 is 0 Å². The zero-order chi connectivity index (χ0) is 12.4. The average molecular weight is 321 g/mol. The third-order valence-corrected chi connectivity index (χ3v) is 4.21. The normalized spacial score (nSPS) is 19.4. The number of carbonyl (C=O) groups excluding carboxylic acids is 1. The zero-order valence-corrected chi connectivity index (χ0v) is 12.0. The fourth-order valence-corrected chi connectivity index (χ4v) is 2.82. The Kier molecular flexibility index (Phi) is 4.15. The molecule has 5 heteroatoms. The second kappa shape index (κ2) is 5.44. The van der Waals surface area contributed by atoms with Crippen molar-refractivity contribution in [2.45, 2.75) is 24.6 Å². The van der Waals surface area contributed by atoms with Crippen molar-refractivity contribution in [1.29, 1.82) is 0 Å². The Labute approximate surface area is 114 Å². The second-order valence-electron chi connectivity index (χ2n) is 4.41. The number of carbonyl (C=O) groups is 1. The molecule has 1 aromatic rings. The molecule has 0 aromatic carbocycles. The monoisotopic (exact) mass is 319 g/mol. The van der Waals surface area contributed by atoms with Crippen LogP contribution in [0.4, 0.5) is 0 Å². The first-order valence-corrected chi connectivity index (χ1v) is 7.06. The SMILES string of the molecule is CC(Br)C1CCN(C(=O)c2ccc(Cl)o2)CC1. The van der Waals surface area contributed by atoms with Crippen molar-refractivity contribution < 1.29 is 9.21 Å². The summed E-state index contributed by atoms with van der Waals surface area (Å²) in [6, 6.07) is 3.23. The molecule has 2 rings (SSSR count). The van der Waals surface area contributed by atoms with Gasteiger partial charge in [-0.2, -0.15) is 0 Å². The summed E-state index contributed by atoms with van der Waals surface area (Å²) in [6.45, 7) is 3.74. The van der Waals surface area contributed by atoms with Crippen LogP contribution in [0.5, 0.6) is 0 Å². The van der Waals surface area contributed by atoms with E-state index in [0.717, 1.165) is 25.9 Å². The second-order valence-corrected chi connectivity index (χ2v) is 6.23. The van der Waals surface area contributed by atoms with Crippen LogP contribution in [0.1, 0.15) is 30.3 Å². The first kappa shape index (κ1) is 13.0. The molecule has 0 aliphatic carbocycles. The highest BCUT2D eigenvalue weighted by Crippen LogP contribution is 2.26. The van der Waals surface area contributed by atoms with E-state index >= 15 is 0 Å². The summed E-state index contributed by atoms with van der Waals surface area (Å²) >= 11 is 9.27. The number of hydrogen-bond acceptors (Lipinski definition) is 2. The largest absolute Gasteiger partial charge is 0.440 e. The molecule has 0 N–H and O–H groups in total. The van der Waals surface area contributed by atoms with Crippen LogP contribution in [0, 0.1) is 5.92 Å². The van der Waals surface area contributed by atoms with Crippen molar-refractivity contribution in [1.82, 2.24) is 4.90 Å². The van der Waals surface area contributed by atoms with E-state index in [1.165, 1.54) is 0 Å². The van der Waals surface area contributed by atoms with E-state index in [2.05, 4.69) is 22.9 Å². The molecule has 1 fully saturated rings. The molecular formula is C12H15BrClNO2. The molecule has 1 aromatic heterocycles. The van der Waals surface area contributed by atoms with Gasteiger partial charge in [0.05, 0.1) is 0 Å². The highest BCUT2D eigenvalue weighted by atomic mass is 79.9. The topological polar surface area (TPSA) is 33.5 Å². The fraction of sp³-hybridized carbons (Fsp3) is 0.583. The number of halogens is 2. The first-order valence-electron chi connectivity index (χ1n) is 5.76. The lowest BCUT2D eigenvalue weighted by molar-refractivity contribution is 0.0659. The van der Waals surface area contributed by atoms with Gasteiger partial charge in [0, 0.05) is 17.9 Å².